The van der Waals surface area contributed by atoms with Gasteiger partial charge in [0.2, 0.25) is 0 Å². The zero-order chi connectivity index (χ0) is 16.9. The lowest BCUT2D eigenvalue weighted by molar-refractivity contribution is -0.137. The van der Waals surface area contributed by atoms with Crippen molar-refractivity contribution in [3.05, 3.63) is 35.9 Å². The number of benzene rings is 1. The molecular weight excluding hydrogens is 290 g/mol. The van der Waals surface area contributed by atoms with Crippen LogP contribution in [-0.4, -0.2) is 22.0 Å². The van der Waals surface area contributed by atoms with E-state index in [1.54, 1.807) is 0 Å². The number of carbonyl (C=O) groups is 1. The van der Waals surface area contributed by atoms with Crippen molar-refractivity contribution in [2.45, 2.75) is 70.6 Å². The maximum atomic E-state index is 11.1. The average Bonchev–Trinajstić information content (AvgIpc) is 2.56. The molecule has 1 unspecified atom stereocenters. The number of hydrogen-bond acceptors (Lipinski definition) is 3. The van der Waals surface area contributed by atoms with Gasteiger partial charge in [-0.25, -0.2) is 0 Å². The highest BCUT2D eigenvalue weighted by Crippen LogP contribution is 2.25. The number of aliphatic carboxylic acids is 1. The third-order valence-electron chi connectivity index (χ3n) is 4.13. The largest absolute Gasteiger partial charge is 0.481 e. The summed E-state index contributed by atoms with van der Waals surface area (Å²) < 4.78 is 0. The van der Waals surface area contributed by atoms with Gasteiger partial charge < -0.3 is 10.3 Å². The highest BCUT2D eigenvalue weighted by molar-refractivity contribution is 5.85. The molecule has 128 valence electrons. The summed E-state index contributed by atoms with van der Waals surface area (Å²) >= 11 is 0. The molecular formula is C19H29NO3. The molecule has 0 aliphatic heterocycles. The van der Waals surface area contributed by atoms with Crippen molar-refractivity contribution in [1.82, 2.24) is 0 Å². The maximum Gasteiger partial charge on any atom is 0.303 e. The van der Waals surface area contributed by atoms with Crippen molar-refractivity contribution in [2.24, 2.45) is 5.16 Å². The quantitative estimate of drug-likeness (QED) is 0.240. The number of carboxylic acids is 1. The summed E-state index contributed by atoms with van der Waals surface area (Å²) in [4.78, 5) is 11.1. The van der Waals surface area contributed by atoms with E-state index in [0.29, 0.717) is 12.1 Å². The van der Waals surface area contributed by atoms with Gasteiger partial charge in [0, 0.05) is 0 Å². The van der Waals surface area contributed by atoms with Crippen LogP contribution < -0.4 is 0 Å². The van der Waals surface area contributed by atoms with Gasteiger partial charge in [0.25, 0.3) is 0 Å². The highest BCUT2D eigenvalue weighted by atomic mass is 16.4. The first-order valence-electron chi connectivity index (χ1n) is 8.63. The van der Waals surface area contributed by atoms with Gasteiger partial charge in [-0.15, -0.1) is 0 Å². The molecule has 0 aromatic heterocycles. The average molecular weight is 319 g/mol. The summed E-state index contributed by atoms with van der Waals surface area (Å²) in [6.07, 6.45) is 8.41. The topological polar surface area (TPSA) is 69.9 Å². The van der Waals surface area contributed by atoms with Crippen molar-refractivity contribution >= 4 is 11.7 Å². The van der Waals surface area contributed by atoms with Crippen molar-refractivity contribution in [3.8, 4) is 0 Å². The van der Waals surface area contributed by atoms with E-state index in [1.165, 1.54) is 25.7 Å². The molecule has 2 N–H and O–H groups in total. The van der Waals surface area contributed by atoms with Crippen LogP contribution in [0.25, 0.3) is 0 Å². The molecule has 0 aliphatic rings. The molecule has 0 amide bonds. The molecule has 1 atom stereocenters. The fourth-order valence-corrected chi connectivity index (χ4v) is 2.83. The lowest BCUT2D eigenvalue weighted by Gasteiger charge is -2.16. The van der Waals surface area contributed by atoms with E-state index in [4.69, 9.17) is 5.11 Å². The molecule has 0 heterocycles. The zero-order valence-corrected chi connectivity index (χ0v) is 14.1. The zero-order valence-electron chi connectivity index (χ0n) is 14.1. The Morgan fingerprint density at radius 2 is 1.70 bits per heavy atom. The minimum atomic E-state index is -0.823. The van der Waals surface area contributed by atoms with Crippen LogP contribution in [0.15, 0.2) is 35.5 Å². The second-order valence-corrected chi connectivity index (χ2v) is 6.09. The first-order valence-corrected chi connectivity index (χ1v) is 8.63. The Hall–Kier alpha value is -1.84. The fraction of sp³-hybridized carbons (Fsp3) is 0.579. The summed E-state index contributed by atoms with van der Waals surface area (Å²) in [5, 5.41) is 21.8. The van der Waals surface area contributed by atoms with Crippen molar-refractivity contribution in [2.75, 3.05) is 0 Å². The van der Waals surface area contributed by atoms with Crippen molar-refractivity contribution in [3.63, 3.8) is 0 Å². The van der Waals surface area contributed by atoms with E-state index in [-0.39, 0.29) is 12.3 Å². The van der Waals surface area contributed by atoms with Gasteiger partial charge >= 0.3 is 5.97 Å². The SMILES string of the molecule is CCCCCCCCC(CC(CC(=O)O)c1ccccc1)=NO. The summed E-state index contributed by atoms with van der Waals surface area (Å²) in [5.74, 6) is -0.963. The first-order chi connectivity index (χ1) is 11.2. The van der Waals surface area contributed by atoms with Gasteiger partial charge in [-0.2, -0.15) is 0 Å². The molecule has 4 heteroatoms. The molecule has 0 radical (unpaired) electrons. The standard InChI is InChI=1S/C19H29NO3/c1-2-3-4-5-6-10-13-18(20-23)14-17(15-19(21)22)16-11-8-7-9-12-16/h7-9,11-12,17,23H,2-6,10,13-15H2,1H3,(H,21,22). The number of unbranched alkanes of at least 4 members (excludes halogenated alkanes) is 5. The van der Waals surface area contributed by atoms with Crippen LogP contribution >= 0.6 is 0 Å². The Morgan fingerprint density at radius 3 is 2.30 bits per heavy atom. The van der Waals surface area contributed by atoms with E-state index in [2.05, 4.69) is 12.1 Å². The third-order valence-corrected chi connectivity index (χ3v) is 4.13. The molecule has 0 aliphatic carbocycles. The molecule has 0 saturated carbocycles. The Morgan fingerprint density at radius 1 is 1.04 bits per heavy atom. The lowest BCUT2D eigenvalue weighted by Crippen LogP contribution is -2.12. The second-order valence-electron chi connectivity index (χ2n) is 6.09. The summed E-state index contributed by atoms with van der Waals surface area (Å²) in [5.41, 5.74) is 1.69. The van der Waals surface area contributed by atoms with Crippen LogP contribution in [0.3, 0.4) is 0 Å². The van der Waals surface area contributed by atoms with Gasteiger partial charge in [-0.3, -0.25) is 4.79 Å². The molecule has 0 bridgehead atoms. The Balaban J connectivity index is 2.50. The predicted molar refractivity (Wildman–Crippen MR) is 93.3 cm³/mol. The third kappa shape index (κ3) is 8.38. The molecule has 1 aromatic rings. The number of carboxylic acid groups (broad SMARTS) is 1. The van der Waals surface area contributed by atoms with Crippen LogP contribution in [0.5, 0.6) is 0 Å². The Kier molecular flexibility index (Phi) is 9.76. The highest BCUT2D eigenvalue weighted by Gasteiger charge is 2.18. The minimum Gasteiger partial charge on any atom is -0.481 e. The van der Waals surface area contributed by atoms with E-state index in [1.807, 2.05) is 30.3 Å². The molecule has 0 spiro atoms. The van der Waals surface area contributed by atoms with E-state index < -0.39 is 5.97 Å². The van der Waals surface area contributed by atoms with Gasteiger partial charge in [-0.1, -0.05) is 74.5 Å². The first kappa shape index (κ1) is 19.2. The molecule has 4 nitrogen and oxygen atoms in total. The van der Waals surface area contributed by atoms with E-state index in [9.17, 15) is 10.0 Å². The number of nitrogens with zero attached hydrogens (tertiary/aromatic N) is 1. The summed E-state index contributed by atoms with van der Waals surface area (Å²) in [7, 11) is 0. The molecule has 23 heavy (non-hydrogen) atoms. The maximum absolute atomic E-state index is 11.1. The molecule has 1 aromatic carbocycles. The van der Waals surface area contributed by atoms with Crippen LogP contribution in [0, 0.1) is 0 Å². The predicted octanol–water partition coefficient (Wildman–Crippen LogP) is 5.22. The number of rotatable bonds is 12. The molecule has 0 saturated heterocycles. The van der Waals surface area contributed by atoms with Crippen molar-refractivity contribution in [1.29, 1.82) is 0 Å². The Bertz CT molecular complexity index is 471. The summed E-state index contributed by atoms with van der Waals surface area (Å²) in [6.45, 7) is 2.20. The number of hydrogen-bond donors (Lipinski definition) is 2. The summed E-state index contributed by atoms with van der Waals surface area (Å²) in [6, 6.07) is 9.61. The normalized spacial score (nSPS) is 13.0. The van der Waals surface area contributed by atoms with Crippen LogP contribution in [0.4, 0.5) is 0 Å². The molecule has 0 fully saturated rings. The number of oxime groups is 1. The second kappa shape index (κ2) is 11.7. The van der Waals surface area contributed by atoms with Gasteiger partial charge in [0.15, 0.2) is 0 Å². The Labute approximate surface area is 139 Å². The van der Waals surface area contributed by atoms with Gasteiger partial charge in [-0.05, 0) is 30.7 Å². The van der Waals surface area contributed by atoms with Crippen LogP contribution in [0.1, 0.15) is 76.2 Å². The fourth-order valence-electron chi connectivity index (χ4n) is 2.83. The van der Waals surface area contributed by atoms with Gasteiger partial charge in [0.1, 0.15) is 0 Å². The lowest BCUT2D eigenvalue weighted by atomic mass is 9.89. The molecule has 1 rings (SSSR count). The monoisotopic (exact) mass is 319 g/mol. The van der Waals surface area contributed by atoms with Crippen LogP contribution in [-0.2, 0) is 4.79 Å². The van der Waals surface area contributed by atoms with Crippen LogP contribution in [0.2, 0.25) is 0 Å². The smallest absolute Gasteiger partial charge is 0.303 e. The van der Waals surface area contributed by atoms with E-state index >= 15 is 0 Å². The van der Waals surface area contributed by atoms with Crippen molar-refractivity contribution < 1.29 is 15.1 Å². The van der Waals surface area contributed by atoms with Gasteiger partial charge in [0.05, 0.1) is 12.1 Å². The minimum absolute atomic E-state index is 0.0551. The van der Waals surface area contributed by atoms with E-state index in [0.717, 1.165) is 24.8 Å².